The van der Waals surface area contributed by atoms with Crippen LogP contribution >= 0.6 is 11.8 Å². The van der Waals surface area contributed by atoms with E-state index < -0.39 is 17.1 Å². The predicted octanol–water partition coefficient (Wildman–Crippen LogP) is 5.19. The maximum Gasteiger partial charge on any atom is 0.446 e. The second kappa shape index (κ2) is 6.34. The lowest BCUT2D eigenvalue weighted by Gasteiger charge is -2.13. The summed E-state index contributed by atoms with van der Waals surface area (Å²) in [5.41, 5.74) is -3.84. The molecule has 112 valence electrons. The predicted molar refractivity (Wildman–Crippen MR) is 72.0 cm³/mol. The first-order valence-corrected chi connectivity index (χ1v) is 6.69. The van der Waals surface area contributed by atoms with Crippen molar-refractivity contribution in [1.82, 2.24) is 0 Å². The minimum absolute atomic E-state index is 0.00174. The van der Waals surface area contributed by atoms with Gasteiger partial charge < -0.3 is 5.32 Å². The fourth-order valence-corrected chi connectivity index (χ4v) is 2.38. The van der Waals surface area contributed by atoms with E-state index in [9.17, 15) is 22.0 Å². The van der Waals surface area contributed by atoms with Gasteiger partial charge in [0, 0.05) is 23.2 Å². The topological polar surface area (TPSA) is 12.0 Å². The van der Waals surface area contributed by atoms with Gasteiger partial charge in [-0.3, -0.25) is 0 Å². The van der Waals surface area contributed by atoms with E-state index in [1.54, 1.807) is 6.07 Å². The van der Waals surface area contributed by atoms with Gasteiger partial charge in [0.05, 0.1) is 0 Å². The van der Waals surface area contributed by atoms with Gasteiger partial charge in [0.15, 0.2) is 0 Å². The Bertz CT molecular complexity index is 607. The molecule has 0 unspecified atom stereocenters. The van der Waals surface area contributed by atoms with Crippen molar-refractivity contribution in [3.8, 4) is 0 Å². The quantitative estimate of drug-likeness (QED) is 0.615. The van der Waals surface area contributed by atoms with E-state index in [0.29, 0.717) is 5.56 Å². The summed E-state index contributed by atoms with van der Waals surface area (Å²) >= 11 is -0.242. The summed E-state index contributed by atoms with van der Waals surface area (Å²) in [5, 5.41) is 2.75. The molecule has 0 saturated carbocycles. The van der Waals surface area contributed by atoms with Gasteiger partial charge in [-0.05, 0) is 41.6 Å². The van der Waals surface area contributed by atoms with Gasteiger partial charge in [-0.25, -0.2) is 8.78 Å². The third kappa shape index (κ3) is 4.93. The summed E-state index contributed by atoms with van der Waals surface area (Å²) < 4.78 is 63.3. The minimum Gasteiger partial charge on any atom is -0.380 e. The average molecular weight is 319 g/mol. The SMILES string of the molecule is Fc1cc(F)cc(CNc2ccccc2SC(F)(F)F)c1. The van der Waals surface area contributed by atoms with Crippen LogP contribution in [0.3, 0.4) is 0 Å². The van der Waals surface area contributed by atoms with Crippen molar-refractivity contribution in [2.45, 2.75) is 16.9 Å². The molecular weight excluding hydrogens is 309 g/mol. The van der Waals surface area contributed by atoms with Crippen molar-refractivity contribution < 1.29 is 22.0 Å². The highest BCUT2D eigenvalue weighted by Crippen LogP contribution is 2.40. The Balaban J connectivity index is 2.13. The van der Waals surface area contributed by atoms with Crippen LogP contribution in [-0.4, -0.2) is 5.51 Å². The summed E-state index contributed by atoms with van der Waals surface area (Å²) in [6.45, 7) is 0.0180. The highest BCUT2D eigenvalue weighted by Gasteiger charge is 2.30. The van der Waals surface area contributed by atoms with E-state index in [0.717, 1.165) is 18.2 Å². The van der Waals surface area contributed by atoms with E-state index in [-0.39, 0.29) is 28.9 Å². The zero-order valence-corrected chi connectivity index (χ0v) is 11.4. The summed E-state index contributed by atoms with van der Waals surface area (Å²) in [5.74, 6) is -1.46. The Morgan fingerprint density at radius 2 is 1.57 bits per heavy atom. The molecule has 0 aliphatic heterocycles. The van der Waals surface area contributed by atoms with Crippen LogP contribution in [0.15, 0.2) is 47.4 Å². The maximum atomic E-state index is 13.0. The van der Waals surface area contributed by atoms with Crippen molar-refractivity contribution in [2.24, 2.45) is 0 Å². The second-order valence-corrected chi connectivity index (χ2v) is 5.28. The van der Waals surface area contributed by atoms with Crippen LogP contribution in [0.2, 0.25) is 0 Å². The number of hydrogen-bond acceptors (Lipinski definition) is 2. The normalized spacial score (nSPS) is 11.5. The Morgan fingerprint density at radius 3 is 2.19 bits per heavy atom. The van der Waals surface area contributed by atoms with Crippen molar-refractivity contribution in [3.05, 3.63) is 59.7 Å². The average Bonchev–Trinajstić information content (AvgIpc) is 2.35. The lowest BCUT2D eigenvalue weighted by atomic mass is 10.2. The molecule has 0 fully saturated rings. The first-order chi connectivity index (χ1) is 9.83. The van der Waals surface area contributed by atoms with Crippen LogP contribution in [0.5, 0.6) is 0 Å². The number of anilines is 1. The molecule has 0 amide bonds. The third-order valence-corrected chi connectivity index (χ3v) is 3.33. The Hall–Kier alpha value is -1.76. The van der Waals surface area contributed by atoms with Crippen LogP contribution in [0, 0.1) is 11.6 Å². The number of halogens is 5. The Labute approximate surface area is 122 Å². The van der Waals surface area contributed by atoms with E-state index >= 15 is 0 Å². The van der Waals surface area contributed by atoms with Crippen molar-refractivity contribution in [2.75, 3.05) is 5.32 Å². The molecule has 21 heavy (non-hydrogen) atoms. The van der Waals surface area contributed by atoms with Gasteiger partial charge in [-0.1, -0.05) is 12.1 Å². The highest BCUT2D eigenvalue weighted by molar-refractivity contribution is 8.00. The summed E-state index contributed by atoms with van der Waals surface area (Å²) in [6, 6.07) is 8.84. The van der Waals surface area contributed by atoms with Crippen LogP contribution in [-0.2, 0) is 6.54 Å². The van der Waals surface area contributed by atoms with Crippen LogP contribution in [0.4, 0.5) is 27.6 Å². The molecule has 1 nitrogen and oxygen atoms in total. The molecule has 0 aromatic heterocycles. The summed E-state index contributed by atoms with van der Waals surface area (Å²) in [4.78, 5) is 0.00174. The molecule has 0 saturated heterocycles. The number of alkyl halides is 3. The van der Waals surface area contributed by atoms with Crippen LogP contribution in [0.1, 0.15) is 5.56 Å². The van der Waals surface area contributed by atoms with Crippen molar-refractivity contribution >= 4 is 17.4 Å². The molecule has 0 aliphatic rings. The number of hydrogen-bond donors (Lipinski definition) is 1. The Kier molecular flexibility index (Phi) is 4.72. The van der Waals surface area contributed by atoms with Gasteiger partial charge in [-0.15, -0.1) is 0 Å². The molecule has 2 aromatic rings. The van der Waals surface area contributed by atoms with Gasteiger partial charge in [0.25, 0.3) is 0 Å². The highest BCUT2D eigenvalue weighted by atomic mass is 32.2. The molecule has 2 rings (SSSR count). The van der Waals surface area contributed by atoms with Crippen molar-refractivity contribution in [3.63, 3.8) is 0 Å². The summed E-state index contributed by atoms with van der Waals surface area (Å²) in [7, 11) is 0. The molecule has 2 aromatic carbocycles. The maximum absolute atomic E-state index is 13.0. The molecule has 0 spiro atoms. The molecule has 7 heteroatoms. The first kappa shape index (κ1) is 15.6. The first-order valence-electron chi connectivity index (χ1n) is 5.87. The number of thioether (sulfide) groups is 1. The monoisotopic (exact) mass is 319 g/mol. The van der Waals surface area contributed by atoms with E-state index in [1.807, 2.05) is 0 Å². The molecule has 0 bridgehead atoms. The lowest BCUT2D eigenvalue weighted by Crippen LogP contribution is -2.04. The molecule has 1 N–H and O–H groups in total. The van der Waals surface area contributed by atoms with Crippen molar-refractivity contribution in [1.29, 1.82) is 0 Å². The summed E-state index contributed by atoms with van der Waals surface area (Å²) in [6.07, 6.45) is 0. The molecular formula is C14H10F5NS. The zero-order chi connectivity index (χ0) is 15.5. The fourth-order valence-electron chi connectivity index (χ4n) is 1.74. The Morgan fingerprint density at radius 1 is 0.952 bits per heavy atom. The largest absolute Gasteiger partial charge is 0.446 e. The van der Waals surface area contributed by atoms with Crippen LogP contribution in [0.25, 0.3) is 0 Å². The number of para-hydroxylation sites is 1. The standard InChI is InChI=1S/C14H10F5NS/c15-10-5-9(6-11(16)7-10)8-20-12-3-1-2-4-13(12)21-14(17,18)19/h1-7,20H,8H2. The van der Waals surface area contributed by atoms with E-state index in [2.05, 4.69) is 5.32 Å². The molecule has 0 aliphatic carbocycles. The van der Waals surface area contributed by atoms with Crippen LogP contribution < -0.4 is 5.32 Å². The second-order valence-electron chi connectivity index (χ2n) is 4.18. The van der Waals surface area contributed by atoms with Gasteiger partial charge in [0.1, 0.15) is 11.6 Å². The van der Waals surface area contributed by atoms with Gasteiger partial charge >= 0.3 is 5.51 Å². The lowest BCUT2D eigenvalue weighted by molar-refractivity contribution is -0.0327. The van der Waals surface area contributed by atoms with E-state index in [1.165, 1.54) is 18.2 Å². The zero-order valence-electron chi connectivity index (χ0n) is 10.5. The molecule has 0 radical (unpaired) electrons. The number of rotatable bonds is 4. The fraction of sp³-hybridized carbons (Fsp3) is 0.143. The third-order valence-electron chi connectivity index (χ3n) is 2.52. The number of benzene rings is 2. The van der Waals surface area contributed by atoms with E-state index in [4.69, 9.17) is 0 Å². The van der Waals surface area contributed by atoms with Gasteiger partial charge in [-0.2, -0.15) is 13.2 Å². The molecule has 0 heterocycles. The smallest absolute Gasteiger partial charge is 0.380 e. The van der Waals surface area contributed by atoms with Gasteiger partial charge in [0.2, 0.25) is 0 Å². The number of nitrogens with one attached hydrogen (secondary N) is 1. The minimum atomic E-state index is -4.40. The molecule has 0 atom stereocenters.